The zero-order valence-corrected chi connectivity index (χ0v) is 17.1. The molecule has 0 saturated carbocycles. The highest BCUT2D eigenvalue weighted by Crippen LogP contribution is 2.34. The summed E-state index contributed by atoms with van der Waals surface area (Å²) in [5, 5.41) is 8.98. The number of carbonyl (C=O) groups excluding carboxylic acids is 1. The van der Waals surface area contributed by atoms with E-state index < -0.39 is 0 Å². The number of aromatic nitrogens is 2. The number of para-hydroxylation sites is 2. The molecule has 2 aromatic heterocycles. The van der Waals surface area contributed by atoms with Crippen LogP contribution in [0, 0.1) is 0 Å². The molecule has 0 bridgehead atoms. The van der Waals surface area contributed by atoms with Gasteiger partial charge < -0.3 is 10.6 Å². The van der Waals surface area contributed by atoms with E-state index >= 15 is 0 Å². The highest BCUT2D eigenvalue weighted by Gasteiger charge is 2.12. The van der Waals surface area contributed by atoms with Crippen LogP contribution >= 0.6 is 11.3 Å². The number of nitrogens with zero attached hydrogens (tertiary/aromatic N) is 2. The number of hydrogen-bond acceptors (Lipinski definition) is 4. The third-order valence-corrected chi connectivity index (χ3v) is 6.33. The largest absolute Gasteiger partial charge is 0.323 e. The normalized spacial score (nSPS) is 11.4. The van der Waals surface area contributed by atoms with Crippen molar-refractivity contribution in [1.82, 2.24) is 9.97 Å². The molecule has 0 unspecified atom stereocenters. The minimum Gasteiger partial charge on any atom is -0.308 e. The van der Waals surface area contributed by atoms with Gasteiger partial charge in [-0.05, 0) is 41.8 Å². The summed E-state index contributed by atoms with van der Waals surface area (Å²) in [7, 11) is 0. The van der Waals surface area contributed by atoms with Crippen molar-refractivity contribution in [3.05, 3.63) is 84.9 Å². The molecule has 5 nitrogen and oxygen atoms in total. The van der Waals surface area contributed by atoms with E-state index in [0.717, 1.165) is 47.9 Å². The van der Waals surface area contributed by atoms with Crippen molar-refractivity contribution in [3.63, 3.8) is 0 Å². The third-order valence-electron chi connectivity index (χ3n) is 5.28. The van der Waals surface area contributed by atoms with Crippen LogP contribution < -0.4 is 10.6 Å². The Morgan fingerprint density at radius 2 is 1.52 bits per heavy atom. The molecule has 2 N–H and O–H groups in total. The van der Waals surface area contributed by atoms with Crippen LogP contribution in [0.3, 0.4) is 0 Å². The number of anilines is 2. The van der Waals surface area contributed by atoms with Gasteiger partial charge in [0, 0.05) is 21.2 Å². The molecule has 0 saturated heterocycles. The van der Waals surface area contributed by atoms with E-state index in [1.165, 1.54) is 0 Å². The van der Waals surface area contributed by atoms with Crippen LogP contribution in [0.15, 0.2) is 84.9 Å². The third kappa shape index (κ3) is 3.14. The molecule has 2 heterocycles. The molecule has 31 heavy (non-hydrogen) atoms. The van der Waals surface area contributed by atoms with E-state index in [1.807, 2.05) is 84.9 Å². The minimum atomic E-state index is -0.285. The summed E-state index contributed by atoms with van der Waals surface area (Å²) in [6, 6.07) is 27.3. The summed E-state index contributed by atoms with van der Waals surface area (Å²) in [5.74, 6) is 0. The van der Waals surface area contributed by atoms with Crippen LogP contribution in [0.1, 0.15) is 0 Å². The van der Waals surface area contributed by atoms with Gasteiger partial charge in [-0.1, -0.05) is 48.5 Å². The number of amides is 2. The van der Waals surface area contributed by atoms with Gasteiger partial charge in [-0.15, -0.1) is 11.3 Å². The SMILES string of the molecule is O=C(Nc1ccc2sc3nc4ccccc4nc3c2c1)Nc1cccc2ccccc12. The predicted octanol–water partition coefficient (Wildman–Crippen LogP) is 6.79. The molecule has 2 amide bonds. The summed E-state index contributed by atoms with van der Waals surface area (Å²) >= 11 is 1.61. The van der Waals surface area contributed by atoms with Crippen LogP contribution in [0.5, 0.6) is 0 Å². The maximum Gasteiger partial charge on any atom is 0.323 e. The molecule has 0 aliphatic heterocycles. The van der Waals surface area contributed by atoms with Crippen LogP contribution in [0.2, 0.25) is 0 Å². The second kappa shape index (κ2) is 7.04. The molecular formula is C25H16N4OS. The molecule has 0 aliphatic rings. The fourth-order valence-electron chi connectivity index (χ4n) is 3.84. The monoisotopic (exact) mass is 420 g/mol. The number of rotatable bonds is 2. The highest BCUT2D eigenvalue weighted by molar-refractivity contribution is 7.25. The molecule has 0 radical (unpaired) electrons. The van der Waals surface area contributed by atoms with Crippen LogP contribution in [0.4, 0.5) is 16.2 Å². The summed E-state index contributed by atoms with van der Waals surface area (Å²) in [6.07, 6.45) is 0. The number of carbonyl (C=O) groups is 1. The van der Waals surface area contributed by atoms with E-state index in [9.17, 15) is 4.79 Å². The number of hydrogen-bond donors (Lipinski definition) is 2. The Balaban J connectivity index is 1.34. The van der Waals surface area contributed by atoms with Gasteiger partial charge in [-0.25, -0.2) is 14.8 Å². The van der Waals surface area contributed by atoms with Crippen molar-refractivity contribution in [3.8, 4) is 0 Å². The van der Waals surface area contributed by atoms with Gasteiger partial charge >= 0.3 is 6.03 Å². The Hall–Kier alpha value is -4.03. The van der Waals surface area contributed by atoms with Crippen LogP contribution in [0.25, 0.3) is 42.2 Å². The molecule has 0 spiro atoms. The summed E-state index contributed by atoms with van der Waals surface area (Å²) in [6.45, 7) is 0. The van der Waals surface area contributed by atoms with Gasteiger partial charge in [0.25, 0.3) is 0 Å². The lowest BCUT2D eigenvalue weighted by Gasteiger charge is -2.10. The number of fused-ring (bicyclic) bond motifs is 5. The number of thiophene rings is 1. The molecule has 0 fully saturated rings. The molecule has 4 aromatic carbocycles. The zero-order valence-electron chi connectivity index (χ0n) is 16.3. The molecule has 0 aliphatic carbocycles. The lowest BCUT2D eigenvalue weighted by atomic mass is 10.1. The fourth-order valence-corrected chi connectivity index (χ4v) is 4.84. The highest BCUT2D eigenvalue weighted by atomic mass is 32.1. The zero-order chi connectivity index (χ0) is 20.8. The van der Waals surface area contributed by atoms with Gasteiger partial charge in [0.2, 0.25) is 0 Å². The topological polar surface area (TPSA) is 66.9 Å². The summed E-state index contributed by atoms with van der Waals surface area (Å²) in [4.78, 5) is 23.1. The second-order valence-electron chi connectivity index (χ2n) is 7.28. The lowest BCUT2D eigenvalue weighted by molar-refractivity contribution is 0.262. The first-order chi connectivity index (χ1) is 15.2. The van der Waals surface area contributed by atoms with E-state index in [4.69, 9.17) is 9.97 Å². The van der Waals surface area contributed by atoms with Gasteiger partial charge in [0.15, 0.2) is 0 Å². The van der Waals surface area contributed by atoms with Gasteiger partial charge in [0.1, 0.15) is 10.3 Å². The van der Waals surface area contributed by atoms with Crippen molar-refractivity contribution >= 4 is 71.0 Å². The van der Waals surface area contributed by atoms with Crippen molar-refractivity contribution in [2.24, 2.45) is 0 Å². The molecular weight excluding hydrogens is 404 g/mol. The fraction of sp³-hybridized carbons (Fsp3) is 0. The molecule has 6 heteroatoms. The maximum absolute atomic E-state index is 12.7. The quantitative estimate of drug-likeness (QED) is 0.324. The molecule has 148 valence electrons. The Morgan fingerprint density at radius 3 is 2.42 bits per heavy atom. The minimum absolute atomic E-state index is 0.285. The van der Waals surface area contributed by atoms with E-state index in [-0.39, 0.29) is 6.03 Å². The molecule has 6 rings (SSSR count). The number of benzene rings is 4. The average Bonchev–Trinajstić information content (AvgIpc) is 3.14. The van der Waals surface area contributed by atoms with Crippen LogP contribution in [-0.4, -0.2) is 16.0 Å². The maximum atomic E-state index is 12.7. The predicted molar refractivity (Wildman–Crippen MR) is 129 cm³/mol. The number of nitrogens with one attached hydrogen (secondary N) is 2. The average molecular weight is 420 g/mol. The smallest absolute Gasteiger partial charge is 0.308 e. The Bertz CT molecular complexity index is 1620. The van der Waals surface area contributed by atoms with Gasteiger partial charge in [-0.3, -0.25) is 0 Å². The van der Waals surface area contributed by atoms with E-state index in [2.05, 4.69) is 10.6 Å². The Labute approximate surface area is 181 Å². The lowest BCUT2D eigenvalue weighted by Crippen LogP contribution is -2.19. The molecule has 6 aromatic rings. The second-order valence-corrected chi connectivity index (χ2v) is 8.32. The first kappa shape index (κ1) is 17.8. The Morgan fingerprint density at radius 1 is 0.742 bits per heavy atom. The van der Waals surface area contributed by atoms with Gasteiger partial charge in [-0.2, -0.15) is 0 Å². The summed E-state index contributed by atoms with van der Waals surface area (Å²) < 4.78 is 1.09. The van der Waals surface area contributed by atoms with Crippen molar-refractivity contribution in [1.29, 1.82) is 0 Å². The van der Waals surface area contributed by atoms with E-state index in [1.54, 1.807) is 11.3 Å². The van der Waals surface area contributed by atoms with E-state index in [0.29, 0.717) is 5.69 Å². The first-order valence-corrected chi connectivity index (χ1v) is 10.7. The van der Waals surface area contributed by atoms with Crippen molar-refractivity contribution in [2.75, 3.05) is 10.6 Å². The van der Waals surface area contributed by atoms with Gasteiger partial charge in [0.05, 0.1) is 16.7 Å². The standard InChI is InChI=1S/C25H16N4OS/c30-25(29-19-11-5-7-15-6-1-2-8-17(15)19)26-16-12-13-22-18(14-16)23-24(31-22)28-21-10-4-3-9-20(21)27-23/h1-14H,(H2,26,29,30). The van der Waals surface area contributed by atoms with Crippen molar-refractivity contribution < 1.29 is 4.79 Å². The summed E-state index contributed by atoms with van der Waals surface area (Å²) in [5.41, 5.74) is 4.09. The number of urea groups is 1. The van der Waals surface area contributed by atoms with Crippen molar-refractivity contribution in [2.45, 2.75) is 0 Å². The molecule has 0 atom stereocenters. The Kier molecular flexibility index (Phi) is 4.04. The van der Waals surface area contributed by atoms with Crippen LogP contribution in [-0.2, 0) is 0 Å². The first-order valence-electron chi connectivity index (χ1n) is 9.89.